The first kappa shape index (κ1) is 17.3. The topological polar surface area (TPSA) is 84.0 Å². The second-order valence-electron chi connectivity index (χ2n) is 5.69. The van der Waals surface area contributed by atoms with E-state index >= 15 is 0 Å². The van der Waals surface area contributed by atoms with Crippen LogP contribution < -0.4 is 10.6 Å². The third-order valence-electron chi connectivity index (χ3n) is 3.75. The van der Waals surface area contributed by atoms with Crippen LogP contribution in [-0.4, -0.2) is 21.7 Å². The van der Waals surface area contributed by atoms with Crippen molar-refractivity contribution in [2.45, 2.75) is 13.5 Å². The van der Waals surface area contributed by atoms with Crippen LogP contribution in [0.5, 0.6) is 0 Å². The fourth-order valence-electron chi connectivity index (χ4n) is 2.31. The number of aromatic nitrogens is 2. The molecule has 26 heavy (non-hydrogen) atoms. The predicted molar refractivity (Wildman–Crippen MR) is 100 cm³/mol. The van der Waals surface area contributed by atoms with Gasteiger partial charge in [-0.05, 0) is 55.5 Å². The van der Waals surface area contributed by atoms with Gasteiger partial charge in [0.25, 0.3) is 5.91 Å². The van der Waals surface area contributed by atoms with Crippen molar-refractivity contribution in [2.75, 3.05) is 10.6 Å². The van der Waals surface area contributed by atoms with Crippen LogP contribution in [0.1, 0.15) is 33.5 Å². The number of Topliss-reactive ketones (excluding diaryl/α,β-unsaturated/α-hetero) is 1. The number of hydrogen-bond donors (Lipinski definition) is 2. The maximum absolute atomic E-state index is 12.3. The van der Waals surface area contributed by atoms with Crippen molar-refractivity contribution in [2.24, 2.45) is 0 Å². The first-order chi connectivity index (χ1) is 12.6. The largest absolute Gasteiger partial charge is 0.378 e. The van der Waals surface area contributed by atoms with Gasteiger partial charge in [-0.2, -0.15) is 0 Å². The molecule has 2 heterocycles. The highest BCUT2D eigenvalue weighted by atomic mass is 16.2. The van der Waals surface area contributed by atoms with Crippen LogP contribution >= 0.6 is 0 Å². The highest BCUT2D eigenvalue weighted by Crippen LogP contribution is 2.13. The van der Waals surface area contributed by atoms with Crippen LogP contribution in [0.15, 0.2) is 67.0 Å². The van der Waals surface area contributed by atoms with Crippen LogP contribution in [0, 0.1) is 0 Å². The maximum atomic E-state index is 12.3. The van der Waals surface area contributed by atoms with Crippen molar-refractivity contribution in [1.82, 2.24) is 9.97 Å². The van der Waals surface area contributed by atoms with Gasteiger partial charge in [0.05, 0.1) is 24.1 Å². The normalized spacial score (nSPS) is 10.2. The molecule has 0 aliphatic carbocycles. The third-order valence-corrected chi connectivity index (χ3v) is 3.75. The minimum absolute atomic E-state index is 0.0154. The first-order valence-corrected chi connectivity index (χ1v) is 8.14. The Morgan fingerprint density at radius 3 is 2.31 bits per heavy atom. The molecule has 0 saturated carbocycles. The summed E-state index contributed by atoms with van der Waals surface area (Å²) in [5.74, 6) is -0.324. The van der Waals surface area contributed by atoms with E-state index in [2.05, 4.69) is 20.6 Å². The summed E-state index contributed by atoms with van der Waals surface area (Å²) in [6.07, 6.45) is 3.35. The Morgan fingerprint density at radius 2 is 1.69 bits per heavy atom. The van der Waals surface area contributed by atoms with E-state index in [1.54, 1.807) is 48.8 Å². The molecule has 0 fully saturated rings. The van der Waals surface area contributed by atoms with Gasteiger partial charge in [0, 0.05) is 17.4 Å². The number of anilines is 2. The summed E-state index contributed by atoms with van der Waals surface area (Å²) in [6.45, 7) is 2.08. The Hall–Kier alpha value is -3.54. The molecule has 0 saturated heterocycles. The van der Waals surface area contributed by atoms with Gasteiger partial charge < -0.3 is 10.6 Å². The average molecular weight is 346 g/mol. The van der Waals surface area contributed by atoms with E-state index in [1.165, 1.54) is 6.92 Å². The van der Waals surface area contributed by atoms with Crippen LogP contribution in [-0.2, 0) is 6.54 Å². The molecule has 3 rings (SSSR count). The minimum atomic E-state index is -0.308. The number of pyridine rings is 2. The number of ketones is 1. The van der Waals surface area contributed by atoms with E-state index in [4.69, 9.17) is 0 Å². The molecule has 0 spiro atoms. The number of rotatable bonds is 6. The van der Waals surface area contributed by atoms with Gasteiger partial charge in [-0.15, -0.1) is 0 Å². The van der Waals surface area contributed by atoms with Gasteiger partial charge >= 0.3 is 0 Å². The summed E-state index contributed by atoms with van der Waals surface area (Å²) >= 11 is 0. The van der Waals surface area contributed by atoms with E-state index in [0.29, 0.717) is 23.5 Å². The van der Waals surface area contributed by atoms with Crippen LogP contribution in [0.4, 0.5) is 11.4 Å². The Labute approximate surface area is 151 Å². The smallest absolute Gasteiger partial charge is 0.274 e. The number of nitrogens with one attached hydrogen (secondary N) is 2. The van der Waals surface area contributed by atoms with Gasteiger partial charge in [-0.1, -0.05) is 6.07 Å². The lowest BCUT2D eigenvalue weighted by Gasteiger charge is -2.08. The molecule has 3 aromatic rings. The number of amides is 1. The Bertz CT molecular complexity index is 891. The van der Waals surface area contributed by atoms with E-state index < -0.39 is 0 Å². The number of hydrogen-bond acceptors (Lipinski definition) is 5. The second-order valence-corrected chi connectivity index (χ2v) is 5.69. The maximum Gasteiger partial charge on any atom is 0.274 e. The summed E-state index contributed by atoms with van der Waals surface area (Å²) in [6, 6.07) is 15.9. The van der Waals surface area contributed by atoms with E-state index in [9.17, 15) is 9.59 Å². The molecule has 1 amide bonds. The van der Waals surface area contributed by atoms with Crippen molar-refractivity contribution in [1.29, 1.82) is 0 Å². The fourth-order valence-corrected chi connectivity index (χ4v) is 2.31. The van der Waals surface area contributed by atoms with Crippen molar-refractivity contribution in [3.8, 4) is 0 Å². The monoisotopic (exact) mass is 346 g/mol. The molecule has 6 nitrogen and oxygen atoms in total. The predicted octanol–water partition coefficient (Wildman–Crippen LogP) is 3.54. The highest BCUT2D eigenvalue weighted by Gasteiger charge is 2.08. The summed E-state index contributed by atoms with van der Waals surface area (Å²) in [5, 5.41) is 5.96. The zero-order valence-electron chi connectivity index (χ0n) is 14.3. The SMILES string of the molecule is CC(=O)c1ccc(NC(=O)c2ccc(NCc3ccccn3)cn2)cc1. The molecular weight excluding hydrogens is 328 g/mol. The van der Waals surface area contributed by atoms with Crippen LogP contribution in [0.3, 0.4) is 0 Å². The Morgan fingerprint density at radius 1 is 0.923 bits per heavy atom. The number of benzene rings is 1. The van der Waals surface area contributed by atoms with Gasteiger partial charge in [-0.3, -0.25) is 14.6 Å². The van der Waals surface area contributed by atoms with Gasteiger partial charge in [0.1, 0.15) is 5.69 Å². The van der Waals surface area contributed by atoms with E-state index in [-0.39, 0.29) is 11.7 Å². The minimum Gasteiger partial charge on any atom is -0.378 e. The molecule has 1 aromatic carbocycles. The summed E-state index contributed by atoms with van der Waals surface area (Å²) in [7, 11) is 0. The highest BCUT2D eigenvalue weighted by molar-refractivity contribution is 6.03. The second kappa shape index (κ2) is 8.02. The molecule has 0 unspecified atom stereocenters. The summed E-state index contributed by atoms with van der Waals surface area (Å²) < 4.78 is 0. The molecule has 0 bridgehead atoms. The average Bonchev–Trinajstić information content (AvgIpc) is 2.68. The zero-order chi connectivity index (χ0) is 18.4. The molecule has 0 aliphatic heterocycles. The molecule has 2 aromatic heterocycles. The molecule has 2 N–H and O–H groups in total. The lowest BCUT2D eigenvalue weighted by Crippen LogP contribution is -2.14. The summed E-state index contributed by atoms with van der Waals surface area (Å²) in [4.78, 5) is 31.9. The third kappa shape index (κ3) is 4.51. The van der Waals surface area contributed by atoms with E-state index in [0.717, 1.165) is 11.4 Å². The number of carbonyl (C=O) groups excluding carboxylic acids is 2. The van der Waals surface area contributed by atoms with E-state index in [1.807, 2.05) is 18.2 Å². The van der Waals surface area contributed by atoms with Gasteiger partial charge in [0.15, 0.2) is 5.78 Å². The van der Waals surface area contributed by atoms with Crippen LogP contribution in [0.2, 0.25) is 0 Å². The van der Waals surface area contributed by atoms with Crippen LogP contribution in [0.25, 0.3) is 0 Å². The Kier molecular flexibility index (Phi) is 5.34. The first-order valence-electron chi connectivity index (χ1n) is 8.14. The lowest BCUT2D eigenvalue weighted by molar-refractivity contribution is 0.101. The summed E-state index contributed by atoms with van der Waals surface area (Å²) in [5.41, 5.74) is 3.24. The van der Waals surface area contributed by atoms with Gasteiger partial charge in [0.2, 0.25) is 0 Å². The Balaban J connectivity index is 1.58. The number of carbonyl (C=O) groups is 2. The molecule has 0 radical (unpaired) electrons. The lowest BCUT2D eigenvalue weighted by atomic mass is 10.1. The van der Waals surface area contributed by atoms with Crippen molar-refractivity contribution in [3.05, 3.63) is 83.9 Å². The molecule has 130 valence electrons. The zero-order valence-corrected chi connectivity index (χ0v) is 14.3. The molecular formula is C20H18N4O2. The quantitative estimate of drug-likeness (QED) is 0.667. The van der Waals surface area contributed by atoms with Crippen molar-refractivity contribution in [3.63, 3.8) is 0 Å². The van der Waals surface area contributed by atoms with Crippen molar-refractivity contribution < 1.29 is 9.59 Å². The fraction of sp³-hybridized carbons (Fsp3) is 0.100. The molecule has 6 heteroatoms. The number of nitrogens with zero attached hydrogens (tertiary/aromatic N) is 2. The van der Waals surface area contributed by atoms with Gasteiger partial charge in [-0.25, -0.2) is 4.98 Å². The standard InChI is InChI=1S/C20H18N4O2/c1-14(25)15-5-7-16(8-6-15)24-20(26)19-10-9-18(13-23-19)22-12-17-4-2-3-11-21-17/h2-11,13,22H,12H2,1H3,(H,24,26). The molecule has 0 atom stereocenters. The molecule has 0 aliphatic rings. The van der Waals surface area contributed by atoms with Crippen molar-refractivity contribution >= 4 is 23.1 Å².